The van der Waals surface area contributed by atoms with Gasteiger partial charge in [-0.05, 0) is 41.4 Å². The summed E-state index contributed by atoms with van der Waals surface area (Å²) in [6.07, 6.45) is 0. The molecule has 0 bridgehead atoms. The number of hydrogen-bond donors (Lipinski definition) is 1. The maximum Gasteiger partial charge on any atom is 0.328 e. The predicted molar refractivity (Wildman–Crippen MR) is 114 cm³/mol. The maximum atomic E-state index is 9.78. The molecule has 27 heavy (non-hydrogen) atoms. The summed E-state index contributed by atoms with van der Waals surface area (Å²) < 4.78 is 0. The molecule has 1 aliphatic heterocycles. The zero-order valence-electron chi connectivity index (χ0n) is 14.8. The molecule has 0 spiro atoms. The van der Waals surface area contributed by atoms with Crippen molar-refractivity contribution in [1.82, 2.24) is 0 Å². The van der Waals surface area contributed by atoms with Crippen LogP contribution in [0.15, 0.2) is 103 Å². The third kappa shape index (κ3) is 2.60. The normalized spacial score (nSPS) is 12.4. The van der Waals surface area contributed by atoms with Crippen LogP contribution in [0.5, 0.6) is 5.75 Å². The van der Waals surface area contributed by atoms with Gasteiger partial charge >= 0.3 is 6.85 Å². The van der Waals surface area contributed by atoms with Gasteiger partial charge in [0.2, 0.25) is 0 Å². The van der Waals surface area contributed by atoms with E-state index in [1.54, 1.807) is 12.1 Å². The average Bonchev–Trinajstić information content (AvgIpc) is 2.74. The molecule has 1 aliphatic rings. The molecule has 0 radical (unpaired) electrons. The Morgan fingerprint density at radius 1 is 0.593 bits per heavy atom. The number of hydrogen-bond acceptors (Lipinski definition) is 2. The summed E-state index contributed by atoms with van der Waals surface area (Å²) in [4.78, 5) is 2.39. The van der Waals surface area contributed by atoms with Gasteiger partial charge in [-0.2, -0.15) is 0 Å². The van der Waals surface area contributed by atoms with Crippen molar-refractivity contribution < 1.29 is 5.11 Å². The number of nitrogens with zero attached hydrogens (tertiary/aromatic N) is 1. The van der Waals surface area contributed by atoms with Crippen molar-refractivity contribution in [3.05, 3.63) is 103 Å². The van der Waals surface area contributed by atoms with Crippen LogP contribution >= 0.6 is 0 Å². The van der Waals surface area contributed by atoms with Gasteiger partial charge in [0, 0.05) is 16.9 Å². The lowest BCUT2D eigenvalue weighted by molar-refractivity contribution is 0.475. The van der Waals surface area contributed by atoms with Gasteiger partial charge in [-0.3, -0.25) is 0 Å². The second-order valence-electron chi connectivity index (χ2n) is 6.80. The number of rotatable bonds is 2. The predicted octanol–water partition coefficient (Wildman–Crippen LogP) is 4.32. The Hall–Kier alpha value is -3.46. The molecule has 0 saturated carbocycles. The van der Waals surface area contributed by atoms with Crippen molar-refractivity contribution in [2.45, 2.75) is 0 Å². The third-order valence-electron chi connectivity index (χ3n) is 5.21. The Morgan fingerprint density at radius 2 is 1.22 bits per heavy atom. The Kier molecular flexibility index (Phi) is 3.72. The van der Waals surface area contributed by atoms with Gasteiger partial charge in [-0.15, -0.1) is 0 Å². The number of fused-ring (bicyclic) bond motifs is 3. The summed E-state index contributed by atoms with van der Waals surface area (Å²) in [5, 5.41) is 9.78. The Morgan fingerprint density at radius 3 is 2.00 bits per heavy atom. The van der Waals surface area contributed by atoms with Gasteiger partial charge in [0.05, 0.1) is 0 Å². The highest BCUT2D eigenvalue weighted by Crippen LogP contribution is 2.39. The first-order valence-electron chi connectivity index (χ1n) is 9.14. The summed E-state index contributed by atoms with van der Waals surface area (Å²) in [7, 11) is 0. The molecule has 4 aromatic carbocycles. The molecule has 0 aromatic heterocycles. The zero-order valence-corrected chi connectivity index (χ0v) is 14.8. The minimum Gasteiger partial charge on any atom is -0.508 e. The van der Waals surface area contributed by atoms with Crippen LogP contribution in [-0.2, 0) is 0 Å². The first-order valence-corrected chi connectivity index (χ1v) is 9.14. The lowest BCUT2D eigenvalue weighted by Crippen LogP contribution is -2.57. The van der Waals surface area contributed by atoms with Crippen LogP contribution in [0.25, 0.3) is 11.1 Å². The second-order valence-corrected chi connectivity index (χ2v) is 6.80. The number of phenolic OH excluding ortho intramolecular Hbond substituents is 1. The Balaban J connectivity index is 1.81. The SMILES string of the molecule is Oc1ccc(B2c3ccccc3-c3ccccc3N2c2ccccc2)cc1. The summed E-state index contributed by atoms with van der Waals surface area (Å²) in [5.41, 5.74) is 7.27. The largest absolute Gasteiger partial charge is 0.508 e. The monoisotopic (exact) mass is 347 g/mol. The number of phenols is 1. The topological polar surface area (TPSA) is 23.5 Å². The van der Waals surface area contributed by atoms with Crippen molar-refractivity contribution in [3.8, 4) is 16.9 Å². The first kappa shape index (κ1) is 15.8. The van der Waals surface area contributed by atoms with Gasteiger partial charge < -0.3 is 9.92 Å². The van der Waals surface area contributed by atoms with Crippen molar-refractivity contribution in [2.24, 2.45) is 0 Å². The molecule has 0 unspecified atom stereocenters. The molecule has 5 rings (SSSR count). The van der Waals surface area contributed by atoms with E-state index in [1.165, 1.54) is 22.3 Å². The number of anilines is 2. The number of benzene rings is 4. The summed E-state index contributed by atoms with van der Waals surface area (Å²) in [6.45, 7) is 0.0408. The van der Waals surface area contributed by atoms with E-state index in [9.17, 15) is 5.11 Å². The van der Waals surface area contributed by atoms with E-state index in [2.05, 4.69) is 77.6 Å². The standard InChI is InChI=1S/C24H18BNO/c27-20-16-14-18(15-17-20)25-23-12-6-4-10-21(23)22-11-5-7-13-24(22)26(25)19-8-2-1-3-9-19/h1-17,27H. The molecule has 128 valence electrons. The van der Waals surface area contributed by atoms with Crippen LogP contribution in [-0.4, -0.2) is 12.0 Å². The summed E-state index contributed by atoms with van der Waals surface area (Å²) in [6, 6.07) is 35.2. The lowest BCUT2D eigenvalue weighted by Gasteiger charge is -2.38. The van der Waals surface area contributed by atoms with E-state index >= 15 is 0 Å². The Bertz CT molecular complexity index is 1090. The average molecular weight is 347 g/mol. The molecule has 0 fully saturated rings. The fourth-order valence-corrected chi connectivity index (χ4v) is 4.03. The van der Waals surface area contributed by atoms with Crippen molar-refractivity contribution >= 4 is 29.1 Å². The van der Waals surface area contributed by atoms with E-state index in [4.69, 9.17) is 0 Å². The molecule has 1 heterocycles. The van der Waals surface area contributed by atoms with Crippen molar-refractivity contribution in [1.29, 1.82) is 0 Å². The van der Waals surface area contributed by atoms with E-state index in [0.717, 1.165) is 11.2 Å². The van der Waals surface area contributed by atoms with Crippen molar-refractivity contribution in [2.75, 3.05) is 4.81 Å². The van der Waals surface area contributed by atoms with Crippen LogP contribution in [0.1, 0.15) is 0 Å². The fraction of sp³-hybridized carbons (Fsp3) is 0. The van der Waals surface area contributed by atoms with Crippen LogP contribution < -0.4 is 15.7 Å². The highest BCUT2D eigenvalue weighted by Gasteiger charge is 2.36. The molecular weight excluding hydrogens is 329 g/mol. The lowest BCUT2D eigenvalue weighted by atomic mass is 9.46. The molecule has 1 N–H and O–H groups in total. The van der Waals surface area contributed by atoms with E-state index in [-0.39, 0.29) is 12.6 Å². The minimum absolute atomic E-state index is 0.0408. The fourth-order valence-electron chi connectivity index (χ4n) is 4.03. The number of para-hydroxylation sites is 2. The van der Waals surface area contributed by atoms with Gasteiger partial charge in [-0.25, -0.2) is 0 Å². The minimum atomic E-state index is 0.0408. The highest BCUT2D eigenvalue weighted by atomic mass is 16.3. The quantitative estimate of drug-likeness (QED) is 0.546. The molecule has 0 saturated heterocycles. The second kappa shape index (κ2) is 6.37. The van der Waals surface area contributed by atoms with Crippen LogP contribution in [0, 0.1) is 0 Å². The molecule has 4 aromatic rings. The van der Waals surface area contributed by atoms with Gasteiger partial charge in [-0.1, -0.05) is 78.3 Å². The molecular formula is C24H18BNO. The molecule has 0 amide bonds. The van der Waals surface area contributed by atoms with Crippen LogP contribution in [0.4, 0.5) is 11.4 Å². The molecule has 3 heteroatoms. The van der Waals surface area contributed by atoms with Gasteiger partial charge in [0.25, 0.3) is 0 Å². The molecule has 2 nitrogen and oxygen atoms in total. The van der Waals surface area contributed by atoms with Gasteiger partial charge in [0.15, 0.2) is 0 Å². The summed E-state index contributed by atoms with van der Waals surface area (Å²) >= 11 is 0. The maximum absolute atomic E-state index is 9.78. The van der Waals surface area contributed by atoms with Crippen LogP contribution in [0.2, 0.25) is 0 Å². The number of aromatic hydroxyl groups is 1. The molecule has 0 atom stereocenters. The summed E-state index contributed by atoms with van der Waals surface area (Å²) in [5.74, 6) is 0.287. The highest BCUT2D eigenvalue weighted by molar-refractivity contribution is 6.90. The van der Waals surface area contributed by atoms with Crippen molar-refractivity contribution in [3.63, 3.8) is 0 Å². The smallest absolute Gasteiger partial charge is 0.328 e. The molecule has 0 aliphatic carbocycles. The zero-order chi connectivity index (χ0) is 18.2. The van der Waals surface area contributed by atoms with E-state index < -0.39 is 0 Å². The third-order valence-corrected chi connectivity index (χ3v) is 5.21. The van der Waals surface area contributed by atoms with E-state index in [0.29, 0.717) is 0 Å². The Labute approximate surface area is 159 Å². The van der Waals surface area contributed by atoms with Gasteiger partial charge in [0.1, 0.15) is 5.75 Å². The first-order chi connectivity index (χ1) is 13.3. The van der Waals surface area contributed by atoms with Crippen LogP contribution in [0.3, 0.4) is 0 Å². The van der Waals surface area contributed by atoms with E-state index in [1.807, 2.05) is 18.2 Å².